The minimum absolute atomic E-state index is 0.00993. The van der Waals surface area contributed by atoms with E-state index in [1.165, 1.54) is 5.57 Å². The highest BCUT2D eigenvalue weighted by molar-refractivity contribution is 5.85. The maximum Gasteiger partial charge on any atom is 0.138 e. The van der Waals surface area contributed by atoms with Crippen LogP contribution in [0.3, 0.4) is 0 Å². The number of carbonyl (C=O) groups excluding carboxylic acids is 1. The van der Waals surface area contributed by atoms with Crippen LogP contribution in [0.1, 0.15) is 59.8 Å². The molecule has 0 spiro atoms. The van der Waals surface area contributed by atoms with E-state index in [0.717, 1.165) is 25.7 Å². The Morgan fingerprint density at radius 2 is 1.95 bits per heavy atom. The molecule has 3 aliphatic rings. The van der Waals surface area contributed by atoms with Gasteiger partial charge in [-0.2, -0.15) is 0 Å². The van der Waals surface area contributed by atoms with E-state index >= 15 is 0 Å². The molecule has 3 aliphatic carbocycles. The highest BCUT2D eigenvalue weighted by Crippen LogP contribution is 2.62. The van der Waals surface area contributed by atoms with Gasteiger partial charge in [-0.1, -0.05) is 39.8 Å². The van der Waals surface area contributed by atoms with Crippen molar-refractivity contribution in [2.24, 2.45) is 28.1 Å². The van der Waals surface area contributed by atoms with Gasteiger partial charge in [0.05, 0.1) is 6.10 Å². The molecule has 0 heterocycles. The molecular formula is C20H30O2. The van der Waals surface area contributed by atoms with Gasteiger partial charge < -0.3 is 5.11 Å². The lowest BCUT2D eigenvalue weighted by molar-refractivity contribution is -0.149. The zero-order valence-corrected chi connectivity index (χ0v) is 14.5. The summed E-state index contributed by atoms with van der Waals surface area (Å²) in [6.07, 6.45) is 8.49. The number of aliphatic hydroxyl groups excluding tert-OH is 1. The van der Waals surface area contributed by atoms with Crippen molar-refractivity contribution < 1.29 is 9.90 Å². The van der Waals surface area contributed by atoms with Gasteiger partial charge >= 0.3 is 0 Å². The van der Waals surface area contributed by atoms with Crippen LogP contribution in [-0.2, 0) is 4.79 Å². The molecule has 122 valence electrons. The second-order valence-electron chi connectivity index (χ2n) is 8.90. The lowest BCUT2D eigenvalue weighted by Crippen LogP contribution is -2.56. The third-order valence-electron chi connectivity index (χ3n) is 7.25. The Balaban J connectivity index is 2.05. The summed E-state index contributed by atoms with van der Waals surface area (Å²) < 4.78 is 0. The number of hydrogen-bond acceptors (Lipinski definition) is 2. The summed E-state index contributed by atoms with van der Waals surface area (Å²) in [5.74, 6) is 1.08. The molecule has 5 unspecified atom stereocenters. The van der Waals surface area contributed by atoms with E-state index < -0.39 is 6.10 Å². The minimum atomic E-state index is -0.396. The van der Waals surface area contributed by atoms with Crippen LogP contribution < -0.4 is 0 Å². The van der Waals surface area contributed by atoms with Crippen molar-refractivity contribution in [1.29, 1.82) is 0 Å². The summed E-state index contributed by atoms with van der Waals surface area (Å²) in [6.45, 7) is 12.7. The molecule has 0 amide bonds. The number of fused-ring (bicyclic) bond motifs is 3. The fourth-order valence-corrected chi connectivity index (χ4v) is 5.61. The fraction of sp³-hybridized carbons (Fsp3) is 0.750. The number of hydrogen-bond donors (Lipinski definition) is 1. The van der Waals surface area contributed by atoms with Crippen LogP contribution in [0.4, 0.5) is 0 Å². The molecule has 0 radical (unpaired) electrons. The average Bonchev–Trinajstić information content (AvgIpc) is 2.47. The summed E-state index contributed by atoms with van der Waals surface area (Å²) in [6, 6.07) is 0. The molecule has 2 fully saturated rings. The molecule has 0 aliphatic heterocycles. The van der Waals surface area contributed by atoms with E-state index in [2.05, 4.69) is 40.3 Å². The Bertz CT molecular complexity index is 544. The number of carbonyl (C=O) groups is 1. The van der Waals surface area contributed by atoms with E-state index in [9.17, 15) is 9.90 Å². The van der Waals surface area contributed by atoms with Crippen molar-refractivity contribution in [3.63, 3.8) is 0 Å². The van der Waals surface area contributed by atoms with Gasteiger partial charge in [-0.25, -0.2) is 0 Å². The summed E-state index contributed by atoms with van der Waals surface area (Å²) in [7, 11) is 0. The van der Waals surface area contributed by atoms with Gasteiger partial charge in [-0.05, 0) is 48.5 Å². The summed E-state index contributed by atoms with van der Waals surface area (Å²) in [5, 5.41) is 10.8. The Morgan fingerprint density at radius 3 is 2.59 bits per heavy atom. The van der Waals surface area contributed by atoms with Crippen LogP contribution in [0.2, 0.25) is 0 Å². The van der Waals surface area contributed by atoms with Crippen LogP contribution in [-0.4, -0.2) is 17.0 Å². The predicted molar refractivity (Wildman–Crippen MR) is 89.4 cm³/mol. The Morgan fingerprint density at radius 1 is 1.27 bits per heavy atom. The maximum absolute atomic E-state index is 12.4. The number of aliphatic hydroxyl groups is 1. The first-order valence-corrected chi connectivity index (χ1v) is 8.72. The Hall–Kier alpha value is -0.890. The van der Waals surface area contributed by atoms with Crippen molar-refractivity contribution in [2.45, 2.75) is 65.9 Å². The van der Waals surface area contributed by atoms with Crippen LogP contribution >= 0.6 is 0 Å². The smallest absolute Gasteiger partial charge is 0.138 e. The first kappa shape index (κ1) is 16.0. The van der Waals surface area contributed by atoms with Crippen LogP contribution in [0, 0.1) is 28.1 Å². The maximum atomic E-state index is 12.4. The van der Waals surface area contributed by atoms with Gasteiger partial charge in [-0.3, -0.25) is 4.79 Å². The molecule has 0 bridgehead atoms. The zero-order valence-electron chi connectivity index (χ0n) is 14.5. The third kappa shape index (κ3) is 2.06. The second-order valence-corrected chi connectivity index (χ2v) is 8.90. The monoisotopic (exact) mass is 302 g/mol. The van der Waals surface area contributed by atoms with E-state index in [4.69, 9.17) is 0 Å². The number of Topliss-reactive ketones (excluding diaryl/α,β-unsaturated/α-hetero) is 1. The number of rotatable bonds is 1. The molecule has 0 aromatic heterocycles. The SMILES string of the molecule is C=CC1(C)C=C2C(O)CC3C(C)(C)C(=O)CCC3(C)C2CC1. The van der Waals surface area contributed by atoms with Gasteiger partial charge in [0, 0.05) is 17.3 Å². The highest BCUT2D eigenvalue weighted by atomic mass is 16.3. The van der Waals surface area contributed by atoms with E-state index in [0.29, 0.717) is 18.1 Å². The number of ketones is 1. The van der Waals surface area contributed by atoms with Crippen LogP contribution in [0.15, 0.2) is 24.3 Å². The third-order valence-corrected chi connectivity index (χ3v) is 7.25. The zero-order chi connectivity index (χ0) is 16.3. The molecule has 1 N–H and O–H groups in total. The minimum Gasteiger partial charge on any atom is -0.389 e. The molecule has 0 saturated heterocycles. The lowest BCUT2D eigenvalue weighted by Gasteiger charge is -2.59. The molecule has 2 nitrogen and oxygen atoms in total. The van der Waals surface area contributed by atoms with Crippen molar-refractivity contribution in [1.82, 2.24) is 0 Å². The second kappa shape index (κ2) is 4.80. The Kier molecular flexibility index (Phi) is 3.49. The number of allylic oxidation sites excluding steroid dienone is 2. The van der Waals surface area contributed by atoms with Crippen LogP contribution in [0.25, 0.3) is 0 Å². The highest BCUT2D eigenvalue weighted by Gasteiger charge is 2.58. The standard InChI is InChI=1S/C20H30O2/c1-6-19(4)9-7-14-13(12-19)15(21)11-16-18(2,3)17(22)8-10-20(14,16)5/h6,12,14-16,21H,1,7-11H2,2-5H3. The average molecular weight is 302 g/mol. The first-order chi connectivity index (χ1) is 10.1. The molecule has 5 atom stereocenters. The molecule has 0 aromatic carbocycles. The molecule has 2 heteroatoms. The molecule has 0 aromatic rings. The van der Waals surface area contributed by atoms with Crippen molar-refractivity contribution >= 4 is 5.78 Å². The quantitative estimate of drug-likeness (QED) is 0.734. The van der Waals surface area contributed by atoms with Crippen LogP contribution in [0.5, 0.6) is 0 Å². The van der Waals surface area contributed by atoms with Gasteiger partial charge in [0.1, 0.15) is 5.78 Å². The fourth-order valence-electron chi connectivity index (χ4n) is 5.61. The van der Waals surface area contributed by atoms with Crippen molar-refractivity contribution in [3.8, 4) is 0 Å². The molecular weight excluding hydrogens is 272 g/mol. The van der Waals surface area contributed by atoms with E-state index in [-0.39, 0.29) is 22.2 Å². The molecule has 2 saturated carbocycles. The van der Waals surface area contributed by atoms with Crippen molar-refractivity contribution in [3.05, 3.63) is 24.3 Å². The lowest BCUT2D eigenvalue weighted by atomic mass is 9.45. The molecule has 22 heavy (non-hydrogen) atoms. The van der Waals surface area contributed by atoms with Gasteiger partial charge in [0.2, 0.25) is 0 Å². The summed E-state index contributed by atoms with van der Waals surface area (Å²) in [4.78, 5) is 12.4. The molecule has 3 rings (SSSR count). The van der Waals surface area contributed by atoms with Crippen molar-refractivity contribution in [2.75, 3.05) is 0 Å². The van der Waals surface area contributed by atoms with E-state index in [1.54, 1.807) is 0 Å². The summed E-state index contributed by atoms with van der Waals surface area (Å²) >= 11 is 0. The normalized spacial score (nSPS) is 47.2. The summed E-state index contributed by atoms with van der Waals surface area (Å²) in [5.41, 5.74) is 1.07. The largest absolute Gasteiger partial charge is 0.389 e. The topological polar surface area (TPSA) is 37.3 Å². The first-order valence-electron chi connectivity index (χ1n) is 8.72. The van der Waals surface area contributed by atoms with Gasteiger partial charge in [0.15, 0.2) is 0 Å². The van der Waals surface area contributed by atoms with E-state index in [1.807, 2.05) is 6.08 Å². The predicted octanol–water partition coefficient (Wildman–Crippen LogP) is 4.29. The van der Waals surface area contributed by atoms with Gasteiger partial charge in [-0.15, -0.1) is 6.58 Å². The van der Waals surface area contributed by atoms with Gasteiger partial charge in [0.25, 0.3) is 0 Å². The Labute approximate surface area is 134 Å².